The monoisotopic (exact) mass is 184 g/mol. The zero-order valence-corrected chi connectivity index (χ0v) is 8.20. The van der Waals surface area contributed by atoms with Crippen LogP contribution in [0.5, 0.6) is 0 Å². The molecule has 2 heteroatoms. The van der Waals surface area contributed by atoms with E-state index < -0.39 is 5.92 Å². The van der Waals surface area contributed by atoms with Gasteiger partial charge in [0.15, 0.2) is 0 Å². The first kappa shape index (κ1) is 10.2. The number of hydrogen-bond donors (Lipinski definition) is 0. The van der Waals surface area contributed by atoms with Crippen molar-refractivity contribution in [1.82, 2.24) is 0 Å². The first-order valence-electron chi connectivity index (χ1n) is 4.43. The summed E-state index contributed by atoms with van der Waals surface area (Å²) in [5.74, 6) is -2.72. The summed E-state index contributed by atoms with van der Waals surface area (Å²) < 4.78 is 26.2. The van der Waals surface area contributed by atoms with Crippen LogP contribution in [0.1, 0.15) is 30.5 Å². The average Bonchev–Trinajstić information content (AvgIpc) is 2.03. The second kappa shape index (κ2) is 3.44. The van der Waals surface area contributed by atoms with E-state index in [4.69, 9.17) is 0 Å². The summed E-state index contributed by atoms with van der Waals surface area (Å²) in [7, 11) is 0. The third kappa shape index (κ3) is 2.27. The van der Waals surface area contributed by atoms with Crippen molar-refractivity contribution in [3.05, 3.63) is 34.9 Å². The van der Waals surface area contributed by atoms with Gasteiger partial charge in [-0.1, -0.05) is 24.6 Å². The van der Waals surface area contributed by atoms with Crippen molar-refractivity contribution in [3.8, 4) is 0 Å². The maximum absolute atomic E-state index is 13.1. The summed E-state index contributed by atoms with van der Waals surface area (Å²) >= 11 is 0. The molecule has 72 valence electrons. The quantitative estimate of drug-likeness (QED) is 0.657. The number of rotatable bonds is 2. The van der Waals surface area contributed by atoms with Crippen molar-refractivity contribution in [2.24, 2.45) is 0 Å². The molecule has 0 N–H and O–H groups in total. The lowest BCUT2D eigenvalue weighted by atomic mass is 9.98. The van der Waals surface area contributed by atoms with Crippen LogP contribution in [-0.2, 0) is 12.3 Å². The van der Waals surface area contributed by atoms with E-state index in [-0.39, 0.29) is 5.56 Å². The van der Waals surface area contributed by atoms with Gasteiger partial charge in [-0.05, 0) is 25.0 Å². The fraction of sp³-hybridized carbons (Fsp3) is 0.455. The van der Waals surface area contributed by atoms with E-state index in [1.165, 1.54) is 0 Å². The highest BCUT2D eigenvalue weighted by Crippen LogP contribution is 2.30. The minimum atomic E-state index is -2.72. The van der Waals surface area contributed by atoms with Crippen LogP contribution < -0.4 is 0 Å². The molecule has 0 aliphatic heterocycles. The summed E-state index contributed by atoms with van der Waals surface area (Å²) in [6.45, 7) is 4.66. The Hall–Kier alpha value is -0.920. The van der Waals surface area contributed by atoms with Gasteiger partial charge in [-0.2, -0.15) is 0 Å². The molecule has 1 rings (SSSR count). The van der Waals surface area contributed by atoms with E-state index in [0.29, 0.717) is 6.42 Å². The van der Waals surface area contributed by atoms with Crippen molar-refractivity contribution in [2.75, 3.05) is 0 Å². The van der Waals surface area contributed by atoms with Crippen LogP contribution >= 0.6 is 0 Å². The third-order valence-corrected chi connectivity index (χ3v) is 2.12. The first-order chi connectivity index (χ1) is 5.95. The van der Waals surface area contributed by atoms with Gasteiger partial charge in [0.25, 0.3) is 5.92 Å². The summed E-state index contributed by atoms with van der Waals surface area (Å²) in [6, 6.07) is 5.22. The average molecular weight is 184 g/mol. The molecule has 0 fully saturated rings. The number of halogens is 2. The van der Waals surface area contributed by atoms with Gasteiger partial charge in [0.05, 0.1) is 0 Å². The molecule has 0 bridgehead atoms. The Labute approximate surface area is 77.6 Å². The molecule has 1 aromatic carbocycles. The minimum absolute atomic E-state index is 0.162. The molecule has 13 heavy (non-hydrogen) atoms. The number of benzene rings is 1. The normalized spacial score (nSPS) is 11.8. The SMILES string of the molecule is CCc1ccc(C)cc1C(C)(F)F. The van der Waals surface area contributed by atoms with E-state index >= 15 is 0 Å². The highest BCUT2D eigenvalue weighted by Gasteiger charge is 2.26. The maximum Gasteiger partial charge on any atom is 0.270 e. The van der Waals surface area contributed by atoms with Gasteiger partial charge < -0.3 is 0 Å². The number of alkyl halides is 2. The molecule has 0 heterocycles. The van der Waals surface area contributed by atoms with E-state index in [2.05, 4.69) is 0 Å². The van der Waals surface area contributed by atoms with Gasteiger partial charge in [0, 0.05) is 12.5 Å². The largest absolute Gasteiger partial charge is 0.270 e. The molecule has 0 aliphatic carbocycles. The molecule has 0 saturated heterocycles. The summed E-state index contributed by atoms with van der Waals surface area (Å²) in [5.41, 5.74) is 1.78. The molecule has 0 unspecified atom stereocenters. The fourth-order valence-electron chi connectivity index (χ4n) is 1.41. The van der Waals surface area contributed by atoms with Crippen LogP contribution in [0.4, 0.5) is 8.78 Å². The summed E-state index contributed by atoms with van der Waals surface area (Å²) in [6.07, 6.45) is 0.652. The van der Waals surface area contributed by atoms with Crippen molar-refractivity contribution < 1.29 is 8.78 Å². The van der Waals surface area contributed by atoms with Gasteiger partial charge in [-0.3, -0.25) is 0 Å². The Morgan fingerprint density at radius 3 is 2.38 bits per heavy atom. The molecule has 0 radical (unpaired) electrons. The molecule has 0 aromatic heterocycles. The lowest BCUT2D eigenvalue weighted by Crippen LogP contribution is -2.10. The van der Waals surface area contributed by atoms with Crippen LogP contribution in [0.25, 0.3) is 0 Å². The summed E-state index contributed by atoms with van der Waals surface area (Å²) in [4.78, 5) is 0. The fourth-order valence-corrected chi connectivity index (χ4v) is 1.41. The highest BCUT2D eigenvalue weighted by atomic mass is 19.3. The predicted octanol–water partition coefficient (Wildman–Crippen LogP) is 3.67. The van der Waals surface area contributed by atoms with Gasteiger partial charge in [-0.15, -0.1) is 0 Å². The van der Waals surface area contributed by atoms with Crippen molar-refractivity contribution in [1.29, 1.82) is 0 Å². The standard InChI is InChI=1S/C11H14F2/c1-4-9-6-5-8(2)7-10(9)11(3,12)13/h5-7H,4H2,1-3H3. The second-order valence-corrected chi connectivity index (χ2v) is 3.40. The van der Waals surface area contributed by atoms with E-state index in [9.17, 15) is 8.78 Å². The molecule has 0 atom stereocenters. The van der Waals surface area contributed by atoms with Crippen molar-refractivity contribution in [3.63, 3.8) is 0 Å². The predicted molar refractivity (Wildman–Crippen MR) is 50.1 cm³/mol. The lowest BCUT2D eigenvalue weighted by molar-refractivity contribution is 0.0165. The van der Waals surface area contributed by atoms with E-state index in [0.717, 1.165) is 18.1 Å². The Morgan fingerprint density at radius 2 is 1.92 bits per heavy atom. The Balaban J connectivity index is 3.24. The zero-order valence-electron chi connectivity index (χ0n) is 8.20. The Kier molecular flexibility index (Phi) is 2.69. The molecule has 0 amide bonds. The van der Waals surface area contributed by atoms with Crippen LogP contribution in [-0.4, -0.2) is 0 Å². The Morgan fingerprint density at radius 1 is 1.31 bits per heavy atom. The lowest BCUT2D eigenvalue weighted by Gasteiger charge is -2.15. The van der Waals surface area contributed by atoms with Crippen molar-refractivity contribution in [2.45, 2.75) is 33.1 Å². The van der Waals surface area contributed by atoms with Crippen LogP contribution in [0.15, 0.2) is 18.2 Å². The zero-order chi connectivity index (χ0) is 10.1. The van der Waals surface area contributed by atoms with Gasteiger partial charge in [0.2, 0.25) is 0 Å². The van der Waals surface area contributed by atoms with Gasteiger partial charge in [0.1, 0.15) is 0 Å². The topological polar surface area (TPSA) is 0 Å². The molecule has 0 nitrogen and oxygen atoms in total. The first-order valence-corrected chi connectivity index (χ1v) is 4.43. The molecular weight excluding hydrogens is 170 g/mol. The Bertz CT molecular complexity index is 297. The van der Waals surface area contributed by atoms with Gasteiger partial charge in [-0.25, -0.2) is 8.78 Å². The van der Waals surface area contributed by atoms with E-state index in [1.807, 2.05) is 19.9 Å². The number of aryl methyl sites for hydroxylation is 2. The van der Waals surface area contributed by atoms with Crippen LogP contribution in [0, 0.1) is 6.92 Å². The van der Waals surface area contributed by atoms with Crippen LogP contribution in [0.2, 0.25) is 0 Å². The minimum Gasteiger partial charge on any atom is -0.202 e. The van der Waals surface area contributed by atoms with Gasteiger partial charge >= 0.3 is 0 Å². The maximum atomic E-state index is 13.1. The molecular formula is C11H14F2. The third-order valence-electron chi connectivity index (χ3n) is 2.12. The second-order valence-electron chi connectivity index (χ2n) is 3.40. The van der Waals surface area contributed by atoms with E-state index in [1.54, 1.807) is 12.1 Å². The summed E-state index contributed by atoms with van der Waals surface area (Å²) in [5, 5.41) is 0. The molecule has 0 saturated carbocycles. The number of hydrogen-bond acceptors (Lipinski definition) is 0. The highest BCUT2D eigenvalue weighted by molar-refractivity contribution is 5.34. The van der Waals surface area contributed by atoms with Crippen molar-refractivity contribution >= 4 is 0 Å². The smallest absolute Gasteiger partial charge is 0.202 e. The van der Waals surface area contributed by atoms with Crippen LogP contribution in [0.3, 0.4) is 0 Å². The molecule has 0 spiro atoms. The molecule has 0 aliphatic rings. The molecule has 1 aromatic rings.